The van der Waals surface area contributed by atoms with Gasteiger partial charge in [0.05, 0.1) is 17.1 Å². The van der Waals surface area contributed by atoms with Gasteiger partial charge < -0.3 is 11.1 Å². The highest BCUT2D eigenvalue weighted by Crippen LogP contribution is 2.33. The fraction of sp³-hybridized carbons (Fsp3) is 0.208. The molecule has 0 atom stereocenters. The molecule has 1 aliphatic carbocycles. The average Bonchev–Trinajstić information content (AvgIpc) is 3.64. The predicted molar refractivity (Wildman–Crippen MR) is 125 cm³/mol. The first-order chi connectivity index (χ1) is 15.9. The summed E-state index contributed by atoms with van der Waals surface area (Å²) < 4.78 is 18.6. The van der Waals surface area contributed by atoms with E-state index in [0.717, 1.165) is 12.8 Å². The Morgan fingerprint density at radius 3 is 2.39 bits per heavy atom. The van der Waals surface area contributed by atoms with Crippen LogP contribution in [-0.4, -0.2) is 13.7 Å². The maximum atomic E-state index is 14.7. The molecule has 8 nitrogen and oxygen atoms in total. The zero-order chi connectivity index (χ0) is 23.3. The molecule has 0 amide bonds. The Morgan fingerprint density at radius 1 is 1.03 bits per heavy atom. The number of anilines is 2. The standard InChI is InChI=1S/C24H22FN5O3/c1-28-20(31)12-19(27-18-10-7-14(13-26)11-17(18)25)21-22(28)29(15-5-3-2-4-6-15)24(33)30(23(21)32)16-8-9-16/h2-7,10-12,16,27H,8-9,13,26H2,1H3. The number of nitrogens with one attached hydrogen (secondary N) is 1. The summed E-state index contributed by atoms with van der Waals surface area (Å²) in [6, 6.07) is 14.3. The van der Waals surface area contributed by atoms with Gasteiger partial charge in [0.1, 0.15) is 16.9 Å². The fourth-order valence-corrected chi connectivity index (χ4v) is 4.06. The van der Waals surface area contributed by atoms with Gasteiger partial charge in [-0.2, -0.15) is 0 Å². The van der Waals surface area contributed by atoms with E-state index in [-0.39, 0.29) is 35.0 Å². The Bertz CT molecular complexity index is 1570. The second-order valence-corrected chi connectivity index (χ2v) is 8.16. The number of fused-ring (bicyclic) bond motifs is 1. The molecular weight excluding hydrogens is 425 g/mol. The molecule has 1 saturated carbocycles. The highest BCUT2D eigenvalue weighted by atomic mass is 19.1. The van der Waals surface area contributed by atoms with Crippen molar-refractivity contribution in [3.05, 3.63) is 97.2 Å². The molecule has 33 heavy (non-hydrogen) atoms. The number of aryl methyl sites for hydroxylation is 1. The van der Waals surface area contributed by atoms with Gasteiger partial charge in [-0.1, -0.05) is 24.3 Å². The van der Waals surface area contributed by atoms with Crippen molar-refractivity contribution in [2.45, 2.75) is 25.4 Å². The lowest BCUT2D eigenvalue weighted by molar-refractivity contribution is 0.629. The third-order valence-corrected chi connectivity index (χ3v) is 5.92. The first-order valence-electron chi connectivity index (χ1n) is 10.6. The van der Waals surface area contributed by atoms with Crippen LogP contribution in [0.4, 0.5) is 15.8 Å². The van der Waals surface area contributed by atoms with Crippen LogP contribution in [0.25, 0.3) is 16.7 Å². The first-order valence-corrected chi connectivity index (χ1v) is 10.6. The Kier molecular flexibility index (Phi) is 4.98. The van der Waals surface area contributed by atoms with E-state index in [1.54, 1.807) is 30.3 Å². The third kappa shape index (κ3) is 3.46. The summed E-state index contributed by atoms with van der Waals surface area (Å²) in [6.45, 7) is 0.182. The van der Waals surface area contributed by atoms with E-state index in [0.29, 0.717) is 11.3 Å². The average molecular weight is 447 g/mol. The largest absolute Gasteiger partial charge is 0.352 e. The van der Waals surface area contributed by atoms with Gasteiger partial charge in [-0.15, -0.1) is 0 Å². The lowest BCUT2D eigenvalue weighted by atomic mass is 10.1. The Labute approximate surface area is 187 Å². The molecule has 5 rings (SSSR count). The Morgan fingerprint density at radius 2 is 1.76 bits per heavy atom. The highest BCUT2D eigenvalue weighted by Gasteiger charge is 2.31. The number of rotatable bonds is 5. The molecule has 0 bridgehead atoms. The SMILES string of the molecule is Cn1c(=O)cc(Nc2ccc(CN)cc2F)c2c(=O)n(C3CC3)c(=O)n(-c3ccccc3)c21. The second kappa shape index (κ2) is 7.86. The minimum Gasteiger partial charge on any atom is -0.352 e. The molecule has 1 fully saturated rings. The topological polar surface area (TPSA) is 104 Å². The number of hydrogen-bond acceptors (Lipinski definition) is 5. The van der Waals surface area contributed by atoms with Gasteiger partial charge in [-0.05, 0) is 42.7 Å². The van der Waals surface area contributed by atoms with Crippen molar-refractivity contribution in [2.24, 2.45) is 12.8 Å². The summed E-state index contributed by atoms with van der Waals surface area (Å²) in [7, 11) is 1.50. The van der Waals surface area contributed by atoms with E-state index >= 15 is 0 Å². The number of pyridine rings is 1. The third-order valence-electron chi connectivity index (χ3n) is 5.92. The molecule has 2 aromatic carbocycles. The van der Waals surface area contributed by atoms with Crippen LogP contribution >= 0.6 is 0 Å². The summed E-state index contributed by atoms with van der Waals surface area (Å²) in [4.78, 5) is 39.9. The van der Waals surface area contributed by atoms with E-state index in [1.165, 1.54) is 38.9 Å². The van der Waals surface area contributed by atoms with Crippen molar-refractivity contribution >= 4 is 22.4 Å². The summed E-state index contributed by atoms with van der Waals surface area (Å²) >= 11 is 0. The van der Waals surface area contributed by atoms with Crippen LogP contribution in [-0.2, 0) is 13.6 Å². The lowest BCUT2D eigenvalue weighted by Gasteiger charge is -2.19. The van der Waals surface area contributed by atoms with Crippen LogP contribution in [0.1, 0.15) is 24.4 Å². The molecule has 0 saturated heterocycles. The first kappa shape index (κ1) is 20.9. The van der Waals surface area contributed by atoms with E-state index in [4.69, 9.17) is 5.73 Å². The zero-order valence-electron chi connectivity index (χ0n) is 17.9. The van der Waals surface area contributed by atoms with Crippen LogP contribution in [0.5, 0.6) is 0 Å². The quantitative estimate of drug-likeness (QED) is 0.489. The van der Waals surface area contributed by atoms with Crippen molar-refractivity contribution in [1.29, 1.82) is 0 Å². The molecular formula is C24H22FN5O3. The molecule has 1 aliphatic rings. The molecule has 0 aliphatic heterocycles. The molecule has 0 radical (unpaired) electrons. The molecule has 3 N–H and O–H groups in total. The number of hydrogen-bond donors (Lipinski definition) is 2. The summed E-state index contributed by atoms with van der Waals surface area (Å²) in [6.07, 6.45) is 1.44. The fourth-order valence-electron chi connectivity index (χ4n) is 4.06. The number of aromatic nitrogens is 3. The van der Waals surface area contributed by atoms with Gasteiger partial charge >= 0.3 is 5.69 Å². The van der Waals surface area contributed by atoms with Crippen molar-refractivity contribution in [1.82, 2.24) is 13.7 Å². The van der Waals surface area contributed by atoms with Crippen molar-refractivity contribution in [3.8, 4) is 5.69 Å². The number of para-hydroxylation sites is 1. The molecule has 9 heteroatoms. The maximum absolute atomic E-state index is 14.7. The van der Waals surface area contributed by atoms with Gasteiger partial charge in [0.15, 0.2) is 0 Å². The van der Waals surface area contributed by atoms with E-state index < -0.39 is 22.6 Å². The van der Waals surface area contributed by atoms with Crippen LogP contribution in [0.2, 0.25) is 0 Å². The molecule has 2 heterocycles. The number of halogens is 1. The molecule has 2 aromatic heterocycles. The number of nitrogens with zero attached hydrogens (tertiary/aromatic N) is 3. The minimum absolute atomic E-state index is 0.0941. The molecule has 0 unspecified atom stereocenters. The summed E-state index contributed by atoms with van der Waals surface area (Å²) in [5, 5.41) is 3.04. The maximum Gasteiger partial charge on any atom is 0.337 e. The van der Waals surface area contributed by atoms with Gasteiger partial charge in [0.25, 0.3) is 11.1 Å². The van der Waals surface area contributed by atoms with E-state index in [1.807, 2.05) is 6.07 Å². The Hall–Kier alpha value is -3.98. The molecule has 4 aromatic rings. The van der Waals surface area contributed by atoms with Crippen LogP contribution in [0, 0.1) is 5.82 Å². The molecule has 0 spiro atoms. The van der Waals surface area contributed by atoms with Crippen LogP contribution in [0.15, 0.2) is 69.0 Å². The van der Waals surface area contributed by atoms with Gasteiger partial charge in [0, 0.05) is 25.7 Å². The Balaban J connectivity index is 1.87. The summed E-state index contributed by atoms with van der Waals surface area (Å²) in [5.74, 6) is -0.564. The van der Waals surface area contributed by atoms with E-state index in [2.05, 4.69) is 5.32 Å². The van der Waals surface area contributed by atoms with Gasteiger partial charge in [0.2, 0.25) is 0 Å². The van der Waals surface area contributed by atoms with Crippen molar-refractivity contribution in [3.63, 3.8) is 0 Å². The monoisotopic (exact) mass is 447 g/mol. The van der Waals surface area contributed by atoms with Crippen LogP contribution in [0.3, 0.4) is 0 Å². The summed E-state index contributed by atoms with van der Waals surface area (Å²) in [5.41, 5.74) is 5.62. The second-order valence-electron chi connectivity index (χ2n) is 8.16. The van der Waals surface area contributed by atoms with Crippen molar-refractivity contribution in [2.75, 3.05) is 5.32 Å². The zero-order valence-corrected chi connectivity index (χ0v) is 17.9. The number of nitrogens with two attached hydrogens (primary N) is 1. The van der Waals surface area contributed by atoms with Crippen molar-refractivity contribution < 1.29 is 4.39 Å². The highest BCUT2D eigenvalue weighted by molar-refractivity contribution is 5.91. The minimum atomic E-state index is -0.564. The normalized spacial score (nSPS) is 13.4. The smallest absolute Gasteiger partial charge is 0.337 e. The molecule has 168 valence electrons. The number of benzene rings is 2. The van der Waals surface area contributed by atoms with E-state index in [9.17, 15) is 18.8 Å². The van der Waals surface area contributed by atoms with Gasteiger partial charge in [-0.3, -0.25) is 18.7 Å². The van der Waals surface area contributed by atoms with Gasteiger partial charge in [-0.25, -0.2) is 13.8 Å². The lowest BCUT2D eigenvalue weighted by Crippen LogP contribution is -2.41. The van der Waals surface area contributed by atoms with Crippen LogP contribution < -0.4 is 27.9 Å². The predicted octanol–water partition coefficient (Wildman–Crippen LogP) is 2.53.